The second kappa shape index (κ2) is 9.23. The summed E-state index contributed by atoms with van der Waals surface area (Å²) in [7, 11) is 0. The maximum atomic E-state index is 13.7. The fourth-order valence-electron chi connectivity index (χ4n) is 4.34. The van der Waals surface area contributed by atoms with Crippen LogP contribution in [0.4, 0.5) is 5.69 Å². The Kier molecular flexibility index (Phi) is 6.70. The van der Waals surface area contributed by atoms with Gasteiger partial charge in [0.15, 0.2) is 0 Å². The van der Waals surface area contributed by atoms with Crippen molar-refractivity contribution in [1.29, 1.82) is 0 Å². The Morgan fingerprint density at radius 1 is 0.966 bits per heavy atom. The third kappa shape index (κ3) is 4.35. The molecule has 5 heteroatoms. The normalized spacial score (nSPS) is 15.6. The van der Waals surface area contributed by atoms with Crippen LogP contribution in [-0.4, -0.2) is 40.5 Å². The number of aliphatic hydroxyl groups excluding tert-OH is 1. The second-order valence-corrected chi connectivity index (χ2v) is 7.86. The predicted octanol–water partition coefficient (Wildman–Crippen LogP) is 4.08. The number of hydrogen-bond donors (Lipinski definition) is 2. The van der Waals surface area contributed by atoms with Gasteiger partial charge in [0.05, 0.1) is 6.61 Å². The first kappa shape index (κ1) is 21.1. The molecule has 0 heterocycles. The maximum Gasteiger partial charge on any atom is 0.254 e. The summed E-state index contributed by atoms with van der Waals surface area (Å²) in [6, 6.07) is 14.9. The van der Waals surface area contributed by atoms with Gasteiger partial charge in [-0.05, 0) is 49.9 Å². The quantitative estimate of drug-likeness (QED) is 0.776. The van der Waals surface area contributed by atoms with Gasteiger partial charge in [-0.25, -0.2) is 0 Å². The topological polar surface area (TPSA) is 69.6 Å². The number of anilines is 1. The summed E-state index contributed by atoms with van der Waals surface area (Å²) in [5.74, 6) is -0.370. The van der Waals surface area contributed by atoms with Crippen molar-refractivity contribution in [3.63, 3.8) is 0 Å². The molecule has 0 radical (unpaired) electrons. The van der Waals surface area contributed by atoms with Crippen molar-refractivity contribution in [3.8, 4) is 0 Å². The average molecular weight is 395 g/mol. The number of aliphatic hydroxyl groups is 1. The van der Waals surface area contributed by atoms with Crippen LogP contribution in [0.2, 0.25) is 0 Å². The molecule has 0 atom stereocenters. The largest absolute Gasteiger partial charge is 0.395 e. The van der Waals surface area contributed by atoms with Gasteiger partial charge in [-0.1, -0.05) is 55.7 Å². The highest BCUT2D eigenvalue weighted by Gasteiger charge is 2.47. The summed E-state index contributed by atoms with van der Waals surface area (Å²) in [4.78, 5) is 28.6. The van der Waals surface area contributed by atoms with Crippen molar-refractivity contribution >= 4 is 17.5 Å². The lowest BCUT2D eigenvalue weighted by Gasteiger charge is -2.45. The standard InChI is InChI=1S/C24H30N2O3/c1-18-10-9-11-19(2)21(18)25-23(29)24(14-7-4-8-15-24)26(16-17-27)22(28)20-12-5-3-6-13-20/h3,5-6,9-13,27H,4,7-8,14-17H2,1-2H3,(H,25,29). The number of amides is 2. The predicted molar refractivity (Wildman–Crippen MR) is 115 cm³/mol. The smallest absolute Gasteiger partial charge is 0.254 e. The highest BCUT2D eigenvalue weighted by molar-refractivity contribution is 6.04. The summed E-state index contributed by atoms with van der Waals surface area (Å²) in [5.41, 5.74) is 2.37. The minimum Gasteiger partial charge on any atom is -0.395 e. The van der Waals surface area contributed by atoms with Gasteiger partial charge >= 0.3 is 0 Å². The fraction of sp³-hybridized carbons (Fsp3) is 0.417. The molecule has 1 aliphatic rings. The van der Waals surface area contributed by atoms with Crippen LogP contribution >= 0.6 is 0 Å². The number of carbonyl (C=O) groups excluding carboxylic acids is 2. The molecule has 154 valence electrons. The van der Waals surface area contributed by atoms with Gasteiger partial charge in [-0.2, -0.15) is 0 Å². The van der Waals surface area contributed by atoms with Crippen molar-refractivity contribution in [3.05, 3.63) is 65.2 Å². The van der Waals surface area contributed by atoms with Crippen molar-refractivity contribution in [2.45, 2.75) is 51.5 Å². The second-order valence-electron chi connectivity index (χ2n) is 7.86. The lowest BCUT2D eigenvalue weighted by atomic mass is 9.78. The number of aryl methyl sites for hydroxylation is 2. The molecule has 2 amide bonds. The van der Waals surface area contributed by atoms with Crippen LogP contribution in [0.5, 0.6) is 0 Å². The van der Waals surface area contributed by atoms with E-state index in [0.29, 0.717) is 18.4 Å². The number of carbonyl (C=O) groups is 2. The molecule has 1 fully saturated rings. The maximum absolute atomic E-state index is 13.7. The number of rotatable bonds is 6. The lowest BCUT2D eigenvalue weighted by molar-refractivity contribution is -0.129. The van der Waals surface area contributed by atoms with E-state index in [9.17, 15) is 14.7 Å². The van der Waals surface area contributed by atoms with Crippen LogP contribution in [0.25, 0.3) is 0 Å². The zero-order chi connectivity index (χ0) is 20.9. The minimum absolute atomic E-state index is 0.133. The van der Waals surface area contributed by atoms with Gasteiger partial charge in [-0.15, -0.1) is 0 Å². The zero-order valence-corrected chi connectivity index (χ0v) is 17.3. The van der Waals surface area contributed by atoms with E-state index in [2.05, 4.69) is 5.32 Å². The Labute approximate surface area is 172 Å². The van der Waals surface area contributed by atoms with E-state index in [1.54, 1.807) is 17.0 Å². The molecule has 29 heavy (non-hydrogen) atoms. The summed E-state index contributed by atoms with van der Waals surface area (Å²) in [5, 5.41) is 12.8. The van der Waals surface area contributed by atoms with Crippen molar-refractivity contribution in [2.75, 3.05) is 18.5 Å². The van der Waals surface area contributed by atoms with Crippen LogP contribution in [0.1, 0.15) is 53.6 Å². The first-order valence-corrected chi connectivity index (χ1v) is 10.3. The van der Waals surface area contributed by atoms with E-state index in [1.807, 2.05) is 50.2 Å². The number of hydrogen-bond acceptors (Lipinski definition) is 3. The third-order valence-electron chi connectivity index (χ3n) is 5.93. The molecule has 2 N–H and O–H groups in total. The number of β-amino-alcohol motifs (C(OH)–C–C–N with tert-alkyl or cyclic N) is 1. The number of nitrogens with zero attached hydrogens (tertiary/aromatic N) is 1. The zero-order valence-electron chi connectivity index (χ0n) is 17.3. The summed E-state index contributed by atoms with van der Waals surface area (Å²) < 4.78 is 0. The van der Waals surface area contributed by atoms with E-state index >= 15 is 0 Å². The fourth-order valence-corrected chi connectivity index (χ4v) is 4.34. The molecule has 0 bridgehead atoms. The molecule has 1 saturated carbocycles. The Balaban J connectivity index is 1.99. The van der Waals surface area contributed by atoms with Crippen molar-refractivity contribution < 1.29 is 14.7 Å². The molecule has 0 saturated heterocycles. The molecule has 0 spiro atoms. The summed E-state index contributed by atoms with van der Waals surface area (Å²) in [6.45, 7) is 3.89. The van der Waals surface area contributed by atoms with Crippen molar-refractivity contribution in [2.24, 2.45) is 0 Å². The van der Waals surface area contributed by atoms with Crippen LogP contribution in [-0.2, 0) is 4.79 Å². The van der Waals surface area contributed by atoms with Gasteiger partial charge in [-0.3, -0.25) is 9.59 Å². The monoisotopic (exact) mass is 394 g/mol. The molecule has 0 aromatic heterocycles. The number of benzene rings is 2. The van der Waals surface area contributed by atoms with Gasteiger partial charge < -0.3 is 15.3 Å². The molecule has 2 aromatic carbocycles. The van der Waals surface area contributed by atoms with E-state index in [0.717, 1.165) is 36.1 Å². The van der Waals surface area contributed by atoms with E-state index in [1.165, 1.54) is 0 Å². The van der Waals surface area contributed by atoms with E-state index < -0.39 is 5.54 Å². The molecule has 0 unspecified atom stereocenters. The summed E-state index contributed by atoms with van der Waals surface area (Å²) >= 11 is 0. The lowest BCUT2D eigenvalue weighted by Crippen LogP contribution is -2.60. The first-order valence-electron chi connectivity index (χ1n) is 10.3. The van der Waals surface area contributed by atoms with Crippen molar-refractivity contribution in [1.82, 2.24) is 4.90 Å². The highest BCUT2D eigenvalue weighted by Crippen LogP contribution is 2.36. The molecule has 3 rings (SSSR count). The third-order valence-corrected chi connectivity index (χ3v) is 5.93. The van der Waals surface area contributed by atoms with Crippen LogP contribution < -0.4 is 5.32 Å². The highest BCUT2D eigenvalue weighted by atomic mass is 16.3. The number of nitrogens with one attached hydrogen (secondary N) is 1. The molecule has 1 aliphatic carbocycles. The Morgan fingerprint density at radius 2 is 1.59 bits per heavy atom. The average Bonchev–Trinajstić information content (AvgIpc) is 2.75. The Bertz CT molecular complexity index is 837. The Hall–Kier alpha value is -2.66. The molecular formula is C24H30N2O3. The minimum atomic E-state index is -0.956. The molecule has 0 aliphatic heterocycles. The van der Waals surface area contributed by atoms with Crippen LogP contribution in [0.3, 0.4) is 0 Å². The Morgan fingerprint density at radius 3 is 2.17 bits per heavy atom. The van der Waals surface area contributed by atoms with Crippen LogP contribution in [0, 0.1) is 13.8 Å². The molecule has 5 nitrogen and oxygen atoms in total. The van der Waals surface area contributed by atoms with Crippen LogP contribution in [0.15, 0.2) is 48.5 Å². The SMILES string of the molecule is Cc1cccc(C)c1NC(=O)C1(N(CCO)C(=O)c2ccccc2)CCCCC1. The van der Waals surface area contributed by atoms with Gasteiger partial charge in [0.25, 0.3) is 5.91 Å². The first-order chi connectivity index (χ1) is 14.0. The summed E-state index contributed by atoms with van der Waals surface area (Å²) in [6.07, 6.45) is 4.00. The van der Waals surface area contributed by atoms with Gasteiger partial charge in [0.1, 0.15) is 5.54 Å². The van der Waals surface area contributed by atoms with E-state index in [4.69, 9.17) is 0 Å². The van der Waals surface area contributed by atoms with E-state index in [-0.39, 0.29) is 25.0 Å². The molecular weight excluding hydrogens is 364 g/mol. The molecule has 2 aromatic rings. The van der Waals surface area contributed by atoms with Gasteiger partial charge in [0, 0.05) is 17.8 Å². The number of para-hydroxylation sites is 1. The van der Waals surface area contributed by atoms with Gasteiger partial charge in [0.2, 0.25) is 5.91 Å².